The van der Waals surface area contributed by atoms with Gasteiger partial charge in [0.15, 0.2) is 6.61 Å². The summed E-state index contributed by atoms with van der Waals surface area (Å²) in [6.07, 6.45) is 3.91. The maximum absolute atomic E-state index is 10.3. The molecule has 1 aliphatic rings. The summed E-state index contributed by atoms with van der Waals surface area (Å²) in [6, 6.07) is 0. The topological polar surface area (TPSA) is 63.6 Å². The van der Waals surface area contributed by atoms with Crippen molar-refractivity contribution in [2.24, 2.45) is 0 Å². The van der Waals surface area contributed by atoms with Crippen LogP contribution in [-0.4, -0.2) is 13.0 Å². The summed E-state index contributed by atoms with van der Waals surface area (Å²) in [6.45, 7) is 0.954. The van der Waals surface area contributed by atoms with E-state index in [2.05, 4.69) is 4.74 Å². The minimum atomic E-state index is -4.10. The highest BCUT2D eigenvalue weighted by atomic mass is 32.2. The first-order valence-corrected chi connectivity index (χ1v) is 3.88. The molecule has 0 unspecified atom stereocenters. The van der Waals surface area contributed by atoms with Gasteiger partial charge in [0.25, 0.3) is 10.1 Å². The predicted octanol–water partition coefficient (Wildman–Crippen LogP) is 0.464. The van der Waals surface area contributed by atoms with Crippen LogP contribution in [0.2, 0.25) is 0 Å². The second-order valence-corrected chi connectivity index (χ2v) is 3.05. The lowest BCUT2D eigenvalue weighted by Crippen LogP contribution is -2.04. The molecule has 0 bridgehead atoms. The molecule has 0 aromatic heterocycles. The molecular formula is C5H5O4S. The highest BCUT2D eigenvalue weighted by Crippen LogP contribution is 2.12. The molecule has 0 saturated heterocycles. The quantitative estimate of drug-likeness (QED) is 0.567. The molecule has 5 heteroatoms. The number of hydrogen-bond donors (Lipinski definition) is 1. The molecule has 55 valence electrons. The fourth-order valence-electron chi connectivity index (χ4n) is 0.472. The van der Waals surface area contributed by atoms with Crippen LogP contribution in [-0.2, 0) is 14.9 Å². The van der Waals surface area contributed by atoms with Crippen LogP contribution >= 0.6 is 0 Å². The van der Waals surface area contributed by atoms with Gasteiger partial charge < -0.3 is 4.74 Å². The smallest absolute Gasteiger partial charge is 0.294 e. The normalized spacial score (nSPS) is 17.9. The molecule has 10 heavy (non-hydrogen) atoms. The van der Waals surface area contributed by atoms with E-state index in [1.165, 1.54) is 18.4 Å². The molecule has 1 rings (SSSR count). The lowest BCUT2D eigenvalue weighted by Gasteiger charge is -2.04. The Morgan fingerprint density at radius 3 is 2.50 bits per heavy atom. The summed E-state index contributed by atoms with van der Waals surface area (Å²) in [5.41, 5.74) is 0. The zero-order valence-electron chi connectivity index (χ0n) is 4.89. The predicted molar refractivity (Wildman–Crippen MR) is 34.2 cm³/mol. The van der Waals surface area contributed by atoms with E-state index in [1.54, 1.807) is 0 Å². The molecule has 0 fully saturated rings. The monoisotopic (exact) mass is 161 g/mol. The fraction of sp³-hybridized carbons (Fsp3) is 0. The third kappa shape index (κ3) is 1.58. The van der Waals surface area contributed by atoms with Gasteiger partial charge in [-0.3, -0.25) is 4.55 Å². The summed E-state index contributed by atoms with van der Waals surface area (Å²) < 4.78 is 33.6. The molecule has 1 N–H and O–H groups in total. The van der Waals surface area contributed by atoms with Gasteiger partial charge >= 0.3 is 0 Å². The van der Waals surface area contributed by atoms with E-state index in [1.807, 2.05) is 0 Å². The van der Waals surface area contributed by atoms with Gasteiger partial charge in [0.05, 0.1) is 6.26 Å². The molecule has 1 aliphatic heterocycles. The molecule has 0 amide bonds. The van der Waals surface area contributed by atoms with Crippen LogP contribution in [0.15, 0.2) is 23.3 Å². The second kappa shape index (κ2) is 2.43. The van der Waals surface area contributed by atoms with Crippen molar-refractivity contribution >= 4 is 10.1 Å². The van der Waals surface area contributed by atoms with Crippen molar-refractivity contribution in [3.05, 3.63) is 29.9 Å². The summed E-state index contributed by atoms with van der Waals surface area (Å²) in [7, 11) is -4.10. The zero-order chi connectivity index (χ0) is 7.61. The Hall–Kier alpha value is -0.810. The fourth-order valence-corrected chi connectivity index (χ4v) is 0.900. The summed E-state index contributed by atoms with van der Waals surface area (Å²) >= 11 is 0. The van der Waals surface area contributed by atoms with Crippen molar-refractivity contribution in [1.82, 2.24) is 0 Å². The van der Waals surface area contributed by atoms with Crippen molar-refractivity contribution < 1.29 is 17.7 Å². The van der Waals surface area contributed by atoms with Gasteiger partial charge in [0, 0.05) is 0 Å². The Kier molecular flexibility index (Phi) is 1.78. The standard InChI is InChI=1S/C5H5O4S/c6-10(7,8)5-2-1-3-9-4-5/h1-4H,(H,6,7,8). The lowest BCUT2D eigenvalue weighted by molar-refractivity contribution is 0.347. The van der Waals surface area contributed by atoms with Crippen molar-refractivity contribution in [1.29, 1.82) is 0 Å². The molecule has 4 nitrogen and oxygen atoms in total. The largest absolute Gasteiger partial charge is 0.488 e. The molecule has 0 saturated carbocycles. The Morgan fingerprint density at radius 1 is 1.50 bits per heavy atom. The first-order chi connectivity index (χ1) is 4.61. The summed E-state index contributed by atoms with van der Waals surface area (Å²) in [4.78, 5) is -0.241. The van der Waals surface area contributed by atoms with Crippen LogP contribution in [0.5, 0.6) is 0 Å². The van der Waals surface area contributed by atoms with E-state index in [4.69, 9.17) is 4.55 Å². The Morgan fingerprint density at radius 2 is 2.20 bits per heavy atom. The number of ether oxygens (including phenoxy) is 1. The van der Waals surface area contributed by atoms with Crippen LogP contribution < -0.4 is 0 Å². The first-order valence-electron chi connectivity index (χ1n) is 2.44. The van der Waals surface area contributed by atoms with Gasteiger partial charge in [-0.1, -0.05) is 0 Å². The third-order valence-electron chi connectivity index (χ3n) is 0.900. The lowest BCUT2D eigenvalue weighted by atomic mass is 10.4. The van der Waals surface area contributed by atoms with E-state index >= 15 is 0 Å². The molecule has 0 aromatic rings. The van der Waals surface area contributed by atoms with Crippen LogP contribution in [0.1, 0.15) is 0 Å². The van der Waals surface area contributed by atoms with Gasteiger partial charge in [0.1, 0.15) is 4.91 Å². The Balaban J connectivity index is 2.93. The van der Waals surface area contributed by atoms with Crippen molar-refractivity contribution in [3.63, 3.8) is 0 Å². The van der Waals surface area contributed by atoms with Gasteiger partial charge in [0.2, 0.25) is 0 Å². The van der Waals surface area contributed by atoms with E-state index in [9.17, 15) is 8.42 Å². The SMILES string of the molecule is O=S(=O)(O)C1=CC=CO[CH]1. The average Bonchev–Trinajstić information content (AvgIpc) is 1.88. The second-order valence-electron chi connectivity index (χ2n) is 1.63. The van der Waals surface area contributed by atoms with Gasteiger partial charge in [-0.25, -0.2) is 0 Å². The minimum Gasteiger partial charge on any atom is -0.488 e. The maximum atomic E-state index is 10.3. The van der Waals surface area contributed by atoms with E-state index in [0.29, 0.717) is 0 Å². The molecule has 1 heterocycles. The third-order valence-corrected chi connectivity index (χ3v) is 1.73. The zero-order valence-corrected chi connectivity index (χ0v) is 5.71. The summed E-state index contributed by atoms with van der Waals surface area (Å²) in [5.74, 6) is 0. The molecule has 0 aliphatic carbocycles. The van der Waals surface area contributed by atoms with Crippen molar-refractivity contribution in [3.8, 4) is 0 Å². The molecule has 0 atom stereocenters. The number of allylic oxidation sites excluding steroid dienone is 2. The first kappa shape index (κ1) is 7.30. The van der Waals surface area contributed by atoms with Crippen molar-refractivity contribution in [2.75, 3.05) is 0 Å². The van der Waals surface area contributed by atoms with Crippen molar-refractivity contribution in [2.45, 2.75) is 0 Å². The van der Waals surface area contributed by atoms with Gasteiger partial charge in [-0.15, -0.1) is 0 Å². The van der Waals surface area contributed by atoms with E-state index < -0.39 is 10.1 Å². The Bertz CT molecular complexity index is 272. The minimum absolute atomic E-state index is 0.241. The maximum Gasteiger partial charge on any atom is 0.294 e. The highest BCUT2D eigenvalue weighted by Gasteiger charge is 2.15. The molecule has 1 radical (unpaired) electrons. The number of hydrogen-bond acceptors (Lipinski definition) is 3. The van der Waals surface area contributed by atoms with Crippen LogP contribution in [0.3, 0.4) is 0 Å². The molecular weight excluding hydrogens is 156 g/mol. The number of rotatable bonds is 1. The van der Waals surface area contributed by atoms with Gasteiger partial charge in [-0.2, -0.15) is 8.42 Å². The molecule has 0 aromatic carbocycles. The van der Waals surface area contributed by atoms with Gasteiger partial charge in [-0.05, 0) is 12.2 Å². The van der Waals surface area contributed by atoms with E-state index in [-0.39, 0.29) is 4.91 Å². The highest BCUT2D eigenvalue weighted by molar-refractivity contribution is 7.90. The van der Waals surface area contributed by atoms with E-state index in [0.717, 1.165) is 6.61 Å². The van der Waals surface area contributed by atoms with Crippen LogP contribution in [0.4, 0.5) is 0 Å². The Labute approximate surface area is 58.6 Å². The van der Waals surface area contributed by atoms with Crippen LogP contribution in [0, 0.1) is 6.61 Å². The van der Waals surface area contributed by atoms with Crippen LogP contribution in [0.25, 0.3) is 0 Å². The summed E-state index contributed by atoms with van der Waals surface area (Å²) in [5, 5.41) is 0. The average molecular weight is 161 g/mol. The molecule has 0 spiro atoms.